The van der Waals surface area contributed by atoms with E-state index < -0.39 is 6.16 Å². The third-order valence-electron chi connectivity index (χ3n) is 10.2. The molecule has 1 aliphatic carbocycles. The Bertz CT molecular complexity index is 1420. The average molecular weight is 781 g/mol. The molecular formula is C45H73CoN2O5-. The zero-order valence-corrected chi connectivity index (χ0v) is 36.7. The van der Waals surface area contributed by atoms with Crippen LogP contribution in [0.4, 0.5) is 4.79 Å². The molecule has 7 nitrogen and oxygen atoms in total. The molecule has 2 atom stereocenters. The normalized spacial score (nSPS) is 17.2. The smallest absolute Gasteiger partial charge is 0.503 e. The molecule has 0 aromatic heterocycles. The number of nitrogens with zero attached hydrogens (tertiary/aromatic N) is 2. The van der Waals surface area contributed by atoms with Gasteiger partial charge in [0.05, 0.1) is 12.1 Å². The predicted molar refractivity (Wildman–Crippen MR) is 222 cm³/mol. The third-order valence-corrected chi connectivity index (χ3v) is 10.2. The minimum atomic E-state index is -1.83. The maximum Gasteiger partial charge on any atom is 0.503 e. The first-order valence-corrected chi connectivity index (χ1v) is 19.1. The summed E-state index contributed by atoms with van der Waals surface area (Å²) >= 11 is 0. The second-order valence-electron chi connectivity index (χ2n) is 18.8. The molecule has 0 spiro atoms. The second kappa shape index (κ2) is 19.7. The van der Waals surface area contributed by atoms with Gasteiger partial charge in [-0.25, -0.2) is 4.79 Å². The van der Waals surface area contributed by atoms with E-state index in [4.69, 9.17) is 25.0 Å². The number of carbonyl (C=O) groups is 1. The molecule has 1 fully saturated rings. The van der Waals surface area contributed by atoms with Crippen LogP contribution in [0.1, 0.15) is 182 Å². The van der Waals surface area contributed by atoms with Crippen molar-refractivity contribution in [1.82, 2.24) is 0 Å². The van der Waals surface area contributed by atoms with Gasteiger partial charge in [0.15, 0.2) is 0 Å². The minimum Gasteiger partial charge on any atom is -0.507 e. The Morgan fingerprint density at radius 2 is 0.925 bits per heavy atom. The Hall–Kier alpha value is -2.84. The summed E-state index contributed by atoms with van der Waals surface area (Å²) in [5.41, 5.74) is 5.39. The first kappa shape index (κ1) is 50.2. The average Bonchev–Trinajstić information content (AvgIpc) is 3.57. The fourth-order valence-corrected chi connectivity index (χ4v) is 6.87. The number of unbranched alkanes of at least 4 members (excludes halogenated alkanes) is 4. The standard InChI is InChI=1S/C43H68N2O2.CH2O3.CH3.Co/c1-15-17-19-21-43(22-20-18-16-2)37(44-27-29-23-31(39(3,4)5)25-33(35(29)46)41(9,10)11)38(43)45-28-30-24-32(40(6,7)8)26-34(36(30)47)42(12,13)14;2-1(3)4;;/h23-28,37-38,46-47H,15-22H2,1-14H3;(H2,2,3,4);1H3;/q;;-1;. The molecule has 0 heterocycles. The first-order chi connectivity index (χ1) is 23.3. The van der Waals surface area contributed by atoms with Crippen LogP contribution in [0.3, 0.4) is 0 Å². The van der Waals surface area contributed by atoms with E-state index in [1.54, 1.807) is 0 Å². The summed E-state index contributed by atoms with van der Waals surface area (Å²) in [6.45, 7) is 30.8. The van der Waals surface area contributed by atoms with Crippen molar-refractivity contribution < 1.29 is 42.0 Å². The fraction of sp³-hybridized carbons (Fsp3) is 0.644. The summed E-state index contributed by atoms with van der Waals surface area (Å²) in [7, 11) is 0. The molecule has 0 amide bonds. The molecular weight excluding hydrogens is 707 g/mol. The van der Waals surface area contributed by atoms with Gasteiger partial charge < -0.3 is 27.9 Å². The number of carboxylic acid groups (broad SMARTS) is 2. The van der Waals surface area contributed by atoms with Gasteiger partial charge in [-0.15, -0.1) is 0 Å². The van der Waals surface area contributed by atoms with E-state index in [-0.39, 0.29) is 63.4 Å². The molecule has 0 aliphatic heterocycles. The largest absolute Gasteiger partial charge is 0.507 e. The van der Waals surface area contributed by atoms with Gasteiger partial charge in [-0.1, -0.05) is 148 Å². The number of benzene rings is 2. The topological polar surface area (TPSA) is 123 Å². The van der Waals surface area contributed by atoms with Crippen LogP contribution in [0.25, 0.3) is 0 Å². The molecule has 0 bridgehead atoms. The van der Waals surface area contributed by atoms with Crippen LogP contribution in [0, 0.1) is 12.8 Å². The predicted octanol–water partition coefficient (Wildman–Crippen LogP) is 12.4. The number of phenols is 2. The molecule has 1 radical (unpaired) electrons. The van der Waals surface area contributed by atoms with Crippen molar-refractivity contribution in [1.29, 1.82) is 0 Å². The van der Waals surface area contributed by atoms with Gasteiger partial charge >= 0.3 is 6.16 Å². The van der Waals surface area contributed by atoms with Gasteiger partial charge in [-0.2, -0.15) is 0 Å². The van der Waals surface area contributed by atoms with E-state index in [0.717, 1.165) is 35.1 Å². The number of aliphatic imine (C=N–C) groups is 2. The van der Waals surface area contributed by atoms with Crippen molar-refractivity contribution in [2.45, 2.75) is 182 Å². The molecule has 1 aliphatic rings. The van der Waals surface area contributed by atoms with Crippen LogP contribution in [0.15, 0.2) is 34.3 Å². The van der Waals surface area contributed by atoms with Crippen molar-refractivity contribution >= 4 is 18.6 Å². The number of phenolic OH excluding ortho intramolecular Hbond substituents is 2. The number of hydrogen-bond acceptors (Lipinski definition) is 5. The fourth-order valence-electron chi connectivity index (χ4n) is 6.87. The van der Waals surface area contributed by atoms with Crippen LogP contribution in [0.5, 0.6) is 11.5 Å². The van der Waals surface area contributed by atoms with Gasteiger partial charge in [-0.05, 0) is 57.8 Å². The van der Waals surface area contributed by atoms with Gasteiger partial charge in [0, 0.05) is 56.9 Å². The van der Waals surface area contributed by atoms with Crippen LogP contribution >= 0.6 is 0 Å². The third kappa shape index (κ3) is 13.8. The van der Waals surface area contributed by atoms with E-state index in [9.17, 15) is 10.2 Å². The molecule has 2 aromatic carbocycles. The summed E-state index contributed by atoms with van der Waals surface area (Å²) in [6.07, 6.45) is 11.3. The Morgan fingerprint density at radius 1 is 0.623 bits per heavy atom. The molecule has 2 aromatic rings. The van der Waals surface area contributed by atoms with Crippen molar-refractivity contribution in [2.24, 2.45) is 15.4 Å². The van der Waals surface area contributed by atoms with Crippen LogP contribution in [-0.2, 0) is 38.4 Å². The monoisotopic (exact) mass is 780 g/mol. The summed E-state index contributed by atoms with van der Waals surface area (Å²) < 4.78 is 0. The minimum absolute atomic E-state index is 0. The Labute approximate surface area is 333 Å². The molecule has 53 heavy (non-hydrogen) atoms. The zero-order valence-electron chi connectivity index (χ0n) is 35.7. The summed E-state index contributed by atoms with van der Waals surface area (Å²) in [4.78, 5) is 19.1. The van der Waals surface area contributed by atoms with Gasteiger partial charge in [-0.3, -0.25) is 9.98 Å². The quantitative estimate of drug-likeness (QED) is 0.0970. The number of rotatable bonds is 12. The van der Waals surface area contributed by atoms with Crippen molar-refractivity contribution in [2.75, 3.05) is 0 Å². The number of aromatic hydroxyl groups is 2. The van der Waals surface area contributed by atoms with Gasteiger partial charge in [0.25, 0.3) is 0 Å². The summed E-state index contributed by atoms with van der Waals surface area (Å²) in [6, 6.07) is 8.65. The second-order valence-corrected chi connectivity index (χ2v) is 18.8. The van der Waals surface area contributed by atoms with E-state index in [1.165, 1.54) is 49.7 Å². The van der Waals surface area contributed by atoms with E-state index in [1.807, 2.05) is 12.4 Å². The van der Waals surface area contributed by atoms with Crippen LogP contribution in [0.2, 0.25) is 0 Å². The molecule has 3 rings (SSSR count). The molecule has 0 saturated heterocycles. The van der Waals surface area contributed by atoms with E-state index in [0.29, 0.717) is 11.5 Å². The summed E-state index contributed by atoms with van der Waals surface area (Å²) in [5.74, 6) is 0.660. The van der Waals surface area contributed by atoms with Crippen molar-refractivity contribution in [3.05, 3.63) is 65.1 Å². The molecule has 303 valence electrons. The SMILES string of the molecule is CCCCCC1(CCCCC)C(N=Cc2cc(C(C)(C)C)cc(C(C)(C)C)c2O)C1N=Cc1cc(C(C)(C)C)cc(C(C)(C)C)c1O.O=C(O)O.[CH3-].[Co]. The van der Waals surface area contributed by atoms with Crippen molar-refractivity contribution in [3.63, 3.8) is 0 Å². The Morgan fingerprint density at radius 3 is 1.17 bits per heavy atom. The first-order valence-electron chi connectivity index (χ1n) is 19.1. The Balaban J connectivity index is 0.00000428. The molecule has 4 N–H and O–H groups in total. The maximum atomic E-state index is 11.5. The summed E-state index contributed by atoms with van der Waals surface area (Å²) in [5, 5.41) is 37.0. The van der Waals surface area contributed by atoms with E-state index >= 15 is 0 Å². The molecule has 2 unspecified atom stereocenters. The van der Waals surface area contributed by atoms with E-state index in [2.05, 4.69) is 121 Å². The molecule has 8 heteroatoms. The van der Waals surface area contributed by atoms with Crippen LogP contribution < -0.4 is 0 Å². The van der Waals surface area contributed by atoms with Gasteiger partial charge in [0.2, 0.25) is 0 Å². The molecule has 1 saturated carbocycles. The zero-order chi connectivity index (χ0) is 39.2. The van der Waals surface area contributed by atoms with Crippen molar-refractivity contribution in [3.8, 4) is 11.5 Å². The maximum absolute atomic E-state index is 11.5. The Kier molecular flexibility index (Phi) is 18.6. The van der Waals surface area contributed by atoms with Crippen LogP contribution in [-0.4, -0.2) is 51.1 Å². The number of hydrogen-bond donors (Lipinski definition) is 4. The van der Waals surface area contributed by atoms with Gasteiger partial charge in [0.1, 0.15) is 11.5 Å².